The van der Waals surface area contributed by atoms with Gasteiger partial charge in [-0.05, 0) is 80.1 Å². The Hall–Kier alpha value is -3.43. The SMILES string of the molecule is CC(C)(C)OC(=O)N(CCN1Cc2ccccc2CC1Cc1ccc(F)cc1)Cc1cccc(NS(C)(=O)=O)c1. The third kappa shape index (κ3) is 8.79. The van der Waals surface area contributed by atoms with Crippen molar-refractivity contribution in [2.24, 2.45) is 0 Å². The van der Waals surface area contributed by atoms with Crippen molar-refractivity contribution in [3.8, 4) is 0 Å². The number of fused-ring (bicyclic) bond motifs is 1. The molecule has 40 heavy (non-hydrogen) atoms. The third-order valence-corrected chi connectivity index (χ3v) is 7.37. The molecule has 0 saturated heterocycles. The van der Waals surface area contributed by atoms with E-state index >= 15 is 0 Å². The standard InChI is InChI=1S/C31H38FN3O4S/c1-31(2,3)39-30(36)35(21-24-8-7-11-28(18-24)33-40(4,37)38)17-16-34-22-26-10-6-5-9-25(26)20-29(34)19-23-12-14-27(32)15-13-23/h5-15,18,29,33H,16-17,19-22H2,1-4H3. The van der Waals surface area contributed by atoms with Gasteiger partial charge in [-0.2, -0.15) is 0 Å². The lowest BCUT2D eigenvalue weighted by atomic mass is 9.90. The predicted octanol–water partition coefficient (Wildman–Crippen LogP) is 5.60. The van der Waals surface area contributed by atoms with E-state index in [0.717, 1.165) is 36.8 Å². The van der Waals surface area contributed by atoms with Crippen LogP contribution in [-0.4, -0.2) is 55.3 Å². The molecular weight excluding hydrogens is 529 g/mol. The van der Waals surface area contributed by atoms with Crippen LogP contribution in [-0.2, 0) is 40.7 Å². The van der Waals surface area contributed by atoms with Gasteiger partial charge in [-0.15, -0.1) is 0 Å². The molecule has 0 bridgehead atoms. The fourth-order valence-electron chi connectivity index (χ4n) is 4.98. The Morgan fingerprint density at radius 3 is 2.40 bits per heavy atom. The van der Waals surface area contributed by atoms with E-state index in [-0.39, 0.29) is 18.4 Å². The second kappa shape index (κ2) is 12.4. The van der Waals surface area contributed by atoms with Gasteiger partial charge in [0.15, 0.2) is 0 Å². The summed E-state index contributed by atoms with van der Waals surface area (Å²) in [7, 11) is -3.43. The monoisotopic (exact) mass is 567 g/mol. The molecule has 1 aliphatic rings. The molecule has 1 aliphatic heterocycles. The van der Waals surface area contributed by atoms with Crippen LogP contribution in [0.5, 0.6) is 0 Å². The fourth-order valence-corrected chi connectivity index (χ4v) is 5.53. The molecule has 1 amide bonds. The van der Waals surface area contributed by atoms with Crippen LogP contribution in [0.1, 0.15) is 43.0 Å². The number of nitrogens with one attached hydrogen (secondary N) is 1. The van der Waals surface area contributed by atoms with Crippen LogP contribution in [0.15, 0.2) is 72.8 Å². The van der Waals surface area contributed by atoms with Crippen LogP contribution < -0.4 is 4.72 Å². The largest absolute Gasteiger partial charge is 0.444 e. The van der Waals surface area contributed by atoms with Gasteiger partial charge in [-0.3, -0.25) is 9.62 Å². The van der Waals surface area contributed by atoms with E-state index in [2.05, 4.69) is 27.8 Å². The molecule has 3 aromatic rings. The Kier molecular flexibility index (Phi) is 9.15. The van der Waals surface area contributed by atoms with Gasteiger partial charge in [0.05, 0.1) is 6.26 Å². The van der Waals surface area contributed by atoms with Crippen molar-refractivity contribution in [3.63, 3.8) is 0 Å². The normalized spacial score (nSPS) is 15.8. The van der Waals surface area contributed by atoms with Gasteiger partial charge < -0.3 is 9.64 Å². The average molecular weight is 568 g/mol. The minimum Gasteiger partial charge on any atom is -0.444 e. The summed E-state index contributed by atoms with van der Waals surface area (Å²) in [5.74, 6) is -0.251. The highest BCUT2D eigenvalue weighted by atomic mass is 32.2. The van der Waals surface area contributed by atoms with Gasteiger partial charge in [0, 0.05) is 37.9 Å². The molecule has 0 radical (unpaired) electrons. The number of halogens is 1. The van der Waals surface area contributed by atoms with Gasteiger partial charge in [-0.25, -0.2) is 17.6 Å². The van der Waals surface area contributed by atoms with Gasteiger partial charge in [0.1, 0.15) is 11.4 Å². The molecule has 3 aromatic carbocycles. The zero-order valence-electron chi connectivity index (χ0n) is 23.6. The topological polar surface area (TPSA) is 79.0 Å². The van der Waals surface area contributed by atoms with E-state index in [1.165, 1.54) is 23.3 Å². The summed E-state index contributed by atoms with van der Waals surface area (Å²) in [5.41, 5.74) is 4.20. The lowest BCUT2D eigenvalue weighted by Gasteiger charge is -2.38. The van der Waals surface area contributed by atoms with Crippen LogP contribution in [0.25, 0.3) is 0 Å². The van der Waals surface area contributed by atoms with Crippen molar-refractivity contribution < 1.29 is 22.3 Å². The highest BCUT2D eigenvalue weighted by Gasteiger charge is 2.28. The minimum atomic E-state index is -3.43. The van der Waals surface area contributed by atoms with Crippen molar-refractivity contribution in [2.45, 2.75) is 58.3 Å². The lowest BCUT2D eigenvalue weighted by molar-refractivity contribution is 0.0198. The second-order valence-electron chi connectivity index (χ2n) is 11.4. The predicted molar refractivity (Wildman–Crippen MR) is 156 cm³/mol. The molecule has 1 N–H and O–H groups in total. The highest BCUT2D eigenvalue weighted by molar-refractivity contribution is 7.92. The van der Waals surface area contributed by atoms with E-state index < -0.39 is 21.7 Å². The Labute approximate surface area is 237 Å². The molecule has 7 nitrogen and oxygen atoms in total. The number of rotatable bonds is 9. The Morgan fingerprint density at radius 2 is 1.73 bits per heavy atom. The van der Waals surface area contributed by atoms with Gasteiger partial charge in [0.25, 0.3) is 0 Å². The van der Waals surface area contributed by atoms with Gasteiger partial charge in [-0.1, -0.05) is 48.5 Å². The van der Waals surface area contributed by atoms with Crippen LogP contribution >= 0.6 is 0 Å². The van der Waals surface area contributed by atoms with Crippen LogP contribution in [0.3, 0.4) is 0 Å². The first-order valence-electron chi connectivity index (χ1n) is 13.4. The molecule has 4 rings (SSSR count). The molecule has 0 aliphatic carbocycles. The summed E-state index contributed by atoms with van der Waals surface area (Å²) >= 11 is 0. The van der Waals surface area contributed by atoms with Crippen molar-refractivity contribution in [3.05, 3.63) is 101 Å². The lowest BCUT2D eigenvalue weighted by Crippen LogP contribution is -2.47. The summed E-state index contributed by atoms with van der Waals surface area (Å²) in [6.45, 7) is 7.54. The smallest absolute Gasteiger partial charge is 0.410 e. The average Bonchev–Trinajstić information content (AvgIpc) is 2.86. The molecule has 0 saturated carbocycles. The summed E-state index contributed by atoms with van der Waals surface area (Å²) in [5, 5.41) is 0. The Bertz CT molecular complexity index is 1420. The number of nitrogens with zero attached hydrogens (tertiary/aromatic N) is 2. The quantitative estimate of drug-likeness (QED) is 0.364. The Morgan fingerprint density at radius 1 is 1.02 bits per heavy atom. The van der Waals surface area contributed by atoms with Crippen molar-refractivity contribution in [2.75, 3.05) is 24.1 Å². The first-order valence-corrected chi connectivity index (χ1v) is 15.3. The number of anilines is 1. The molecule has 214 valence electrons. The zero-order chi connectivity index (χ0) is 28.9. The number of ether oxygens (including phenoxy) is 1. The highest BCUT2D eigenvalue weighted by Crippen LogP contribution is 2.26. The maximum absolute atomic E-state index is 13.5. The van der Waals surface area contributed by atoms with E-state index in [1.54, 1.807) is 23.1 Å². The van der Waals surface area contributed by atoms with E-state index in [1.807, 2.05) is 45.0 Å². The van der Waals surface area contributed by atoms with Gasteiger partial charge in [0.2, 0.25) is 10.0 Å². The first kappa shape index (κ1) is 29.6. The summed E-state index contributed by atoms with van der Waals surface area (Å²) in [4.78, 5) is 17.3. The van der Waals surface area contributed by atoms with Crippen LogP contribution in [0.2, 0.25) is 0 Å². The molecule has 0 fully saturated rings. The molecule has 0 spiro atoms. The van der Waals surface area contributed by atoms with Crippen molar-refractivity contribution in [1.82, 2.24) is 9.80 Å². The molecule has 1 unspecified atom stereocenters. The number of sulfonamides is 1. The number of carbonyl (C=O) groups excluding carboxylic acids is 1. The molecule has 1 heterocycles. The number of carbonyl (C=O) groups is 1. The summed E-state index contributed by atoms with van der Waals surface area (Å²) < 4.78 is 45.2. The van der Waals surface area contributed by atoms with Crippen LogP contribution in [0, 0.1) is 5.82 Å². The number of hydrogen-bond acceptors (Lipinski definition) is 5. The Balaban J connectivity index is 1.54. The van der Waals surface area contributed by atoms with E-state index in [9.17, 15) is 17.6 Å². The summed E-state index contributed by atoms with van der Waals surface area (Å²) in [6.07, 6.45) is 2.30. The van der Waals surface area contributed by atoms with Crippen LogP contribution in [0.4, 0.5) is 14.9 Å². The maximum atomic E-state index is 13.5. The molecular formula is C31H38FN3O4S. The number of amides is 1. The van der Waals surface area contributed by atoms with Gasteiger partial charge >= 0.3 is 6.09 Å². The number of hydrogen-bond donors (Lipinski definition) is 1. The van der Waals surface area contributed by atoms with Crippen molar-refractivity contribution >= 4 is 21.8 Å². The fraction of sp³-hybridized carbons (Fsp3) is 0.387. The third-order valence-electron chi connectivity index (χ3n) is 6.76. The van der Waals surface area contributed by atoms with Crippen molar-refractivity contribution in [1.29, 1.82) is 0 Å². The first-order chi connectivity index (χ1) is 18.8. The minimum absolute atomic E-state index is 0.183. The zero-order valence-corrected chi connectivity index (χ0v) is 24.4. The number of benzene rings is 3. The molecule has 9 heteroatoms. The second-order valence-corrected chi connectivity index (χ2v) is 13.2. The van der Waals surface area contributed by atoms with E-state index in [4.69, 9.17) is 4.74 Å². The molecule has 0 aromatic heterocycles. The van der Waals surface area contributed by atoms with E-state index in [0.29, 0.717) is 18.8 Å². The summed E-state index contributed by atoms with van der Waals surface area (Å²) in [6, 6.07) is 22.3. The molecule has 1 atom stereocenters. The maximum Gasteiger partial charge on any atom is 0.410 e.